The topological polar surface area (TPSA) is 52.1 Å². The molecule has 0 N–H and O–H groups in total. The molecule has 0 radical (unpaired) electrons. The summed E-state index contributed by atoms with van der Waals surface area (Å²) in [4.78, 5) is 21.5. The van der Waals surface area contributed by atoms with Crippen molar-refractivity contribution in [2.45, 2.75) is 123 Å². The SMILES string of the molecule is CCCCCCCCCCc1cnc(-c2ccc(CC3CC(CCCCCC)OC3=O)cc2)nc1. The molecule has 1 aliphatic heterocycles. The van der Waals surface area contributed by atoms with E-state index in [0.717, 1.165) is 43.5 Å². The molecular weight excluding hydrogens is 432 g/mol. The summed E-state index contributed by atoms with van der Waals surface area (Å²) >= 11 is 0. The molecule has 192 valence electrons. The molecule has 2 heterocycles. The van der Waals surface area contributed by atoms with Crippen molar-refractivity contribution in [3.05, 3.63) is 47.8 Å². The zero-order valence-corrected chi connectivity index (χ0v) is 22.1. The van der Waals surface area contributed by atoms with E-state index in [-0.39, 0.29) is 18.0 Å². The van der Waals surface area contributed by atoms with Gasteiger partial charge in [0.2, 0.25) is 0 Å². The van der Waals surface area contributed by atoms with Gasteiger partial charge < -0.3 is 4.74 Å². The number of aromatic nitrogens is 2. The maximum Gasteiger partial charge on any atom is 0.309 e. The Labute approximate surface area is 213 Å². The average Bonchev–Trinajstić information content (AvgIpc) is 3.23. The van der Waals surface area contributed by atoms with Crippen molar-refractivity contribution in [2.75, 3.05) is 0 Å². The predicted molar refractivity (Wildman–Crippen MR) is 144 cm³/mol. The molecule has 1 aromatic heterocycles. The monoisotopic (exact) mass is 478 g/mol. The molecule has 2 unspecified atom stereocenters. The molecule has 3 rings (SSSR count). The Morgan fingerprint density at radius 1 is 0.771 bits per heavy atom. The number of aryl methyl sites for hydroxylation is 1. The summed E-state index contributed by atoms with van der Waals surface area (Å²) < 4.78 is 5.63. The number of ether oxygens (including phenoxy) is 1. The number of unbranched alkanes of at least 4 members (excludes halogenated alkanes) is 10. The minimum Gasteiger partial charge on any atom is -0.462 e. The van der Waals surface area contributed by atoms with Gasteiger partial charge in [-0.15, -0.1) is 0 Å². The zero-order valence-electron chi connectivity index (χ0n) is 22.1. The number of nitrogens with zero attached hydrogens (tertiary/aromatic N) is 2. The van der Waals surface area contributed by atoms with Crippen LogP contribution in [0.25, 0.3) is 11.4 Å². The van der Waals surface area contributed by atoms with Crippen molar-refractivity contribution in [1.82, 2.24) is 9.97 Å². The van der Waals surface area contributed by atoms with Crippen LogP contribution in [0.3, 0.4) is 0 Å². The van der Waals surface area contributed by atoms with E-state index in [9.17, 15) is 4.79 Å². The van der Waals surface area contributed by atoms with Gasteiger partial charge in [0, 0.05) is 18.0 Å². The number of hydrogen-bond donors (Lipinski definition) is 0. The highest BCUT2D eigenvalue weighted by Crippen LogP contribution is 2.28. The van der Waals surface area contributed by atoms with Crippen molar-refractivity contribution in [2.24, 2.45) is 5.92 Å². The lowest BCUT2D eigenvalue weighted by molar-refractivity contribution is -0.144. The quantitative estimate of drug-likeness (QED) is 0.170. The van der Waals surface area contributed by atoms with Gasteiger partial charge >= 0.3 is 5.97 Å². The zero-order chi connectivity index (χ0) is 24.7. The first kappa shape index (κ1) is 27.4. The first-order valence-corrected chi connectivity index (χ1v) is 14.3. The number of carbonyl (C=O) groups excluding carboxylic acids is 1. The smallest absolute Gasteiger partial charge is 0.309 e. The number of carbonyl (C=O) groups is 1. The third-order valence-electron chi connectivity index (χ3n) is 7.26. The minimum absolute atomic E-state index is 0.0103. The maximum absolute atomic E-state index is 12.3. The summed E-state index contributed by atoms with van der Waals surface area (Å²) in [5.41, 5.74) is 3.42. The largest absolute Gasteiger partial charge is 0.462 e. The molecule has 0 aliphatic carbocycles. The molecule has 2 atom stereocenters. The molecule has 4 nitrogen and oxygen atoms in total. The lowest BCUT2D eigenvalue weighted by Gasteiger charge is -2.08. The van der Waals surface area contributed by atoms with Gasteiger partial charge in [-0.3, -0.25) is 4.79 Å². The van der Waals surface area contributed by atoms with Crippen molar-refractivity contribution < 1.29 is 9.53 Å². The molecular formula is C31H46N2O2. The van der Waals surface area contributed by atoms with Crippen LogP contribution in [0, 0.1) is 5.92 Å². The third-order valence-corrected chi connectivity index (χ3v) is 7.26. The molecule has 1 aromatic carbocycles. The second-order valence-electron chi connectivity index (χ2n) is 10.4. The Morgan fingerprint density at radius 2 is 1.37 bits per heavy atom. The lowest BCUT2D eigenvalue weighted by Crippen LogP contribution is -2.10. The van der Waals surface area contributed by atoms with Crippen LogP contribution in [0.15, 0.2) is 36.7 Å². The van der Waals surface area contributed by atoms with E-state index in [1.54, 1.807) is 0 Å². The number of rotatable bonds is 17. The number of hydrogen-bond acceptors (Lipinski definition) is 4. The Bertz CT molecular complexity index is 847. The number of benzene rings is 1. The molecule has 2 aromatic rings. The standard InChI is InChI=1S/C31H46N2O2/c1-3-5-7-9-10-11-12-13-15-26-23-32-30(33-24-26)27-19-17-25(18-20-27)21-28-22-29(35-31(28)34)16-14-8-6-4-2/h17-20,23-24,28-29H,3-16,21-22H2,1-2H3. The van der Waals surface area contributed by atoms with E-state index in [1.807, 2.05) is 12.4 Å². The van der Waals surface area contributed by atoms with Gasteiger partial charge in [0.25, 0.3) is 0 Å². The summed E-state index contributed by atoms with van der Waals surface area (Å²) in [6, 6.07) is 8.36. The van der Waals surface area contributed by atoms with Crippen LogP contribution in [0.2, 0.25) is 0 Å². The molecule has 0 spiro atoms. The van der Waals surface area contributed by atoms with E-state index in [1.165, 1.54) is 81.8 Å². The fourth-order valence-corrected chi connectivity index (χ4v) is 5.03. The molecule has 4 heteroatoms. The highest BCUT2D eigenvalue weighted by Gasteiger charge is 2.33. The van der Waals surface area contributed by atoms with Crippen LogP contribution >= 0.6 is 0 Å². The number of esters is 1. The fraction of sp³-hybridized carbons (Fsp3) is 0.645. The normalized spacial score (nSPS) is 17.6. The van der Waals surface area contributed by atoms with E-state index >= 15 is 0 Å². The van der Waals surface area contributed by atoms with Crippen LogP contribution in [0.4, 0.5) is 0 Å². The molecule has 35 heavy (non-hydrogen) atoms. The Balaban J connectivity index is 1.39. The van der Waals surface area contributed by atoms with E-state index in [4.69, 9.17) is 4.74 Å². The van der Waals surface area contributed by atoms with E-state index in [0.29, 0.717) is 0 Å². The molecule has 0 bridgehead atoms. The Hall–Kier alpha value is -2.23. The summed E-state index contributed by atoms with van der Waals surface area (Å²) in [6.45, 7) is 4.49. The van der Waals surface area contributed by atoms with E-state index in [2.05, 4.69) is 48.1 Å². The van der Waals surface area contributed by atoms with Gasteiger partial charge in [0.05, 0.1) is 5.92 Å². The Morgan fingerprint density at radius 3 is 2.03 bits per heavy atom. The van der Waals surface area contributed by atoms with Gasteiger partial charge in [-0.25, -0.2) is 9.97 Å². The second-order valence-corrected chi connectivity index (χ2v) is 10.4. The first-order chi connectivity index (χ1) is 17.2. The summed E-state index contributed by atoms with van der Waals surface area (Å²) in [7, 11) is 0. The van der Waals surface area contributed by atoms with Gasteiger partial charge in [-0.05, 0) is 49.7 Å². The number of cyclic esters (lactones) is 1. The highest BCUT2D eigenvalue weighted by molar-refractivity contribution is 5.75. The minimum atomic E-state index is -0.0232. The van der Waals surface area contributed by atoms with Crippen molar-refractivity contribution in [3.63, 3.8) is 0 Å². The van der Waals surface area contributed by atoms with Crippen molar-refractivity contribution in [1.29, 1.82) is 0 Å². The highest BCUT2D eigenvalue weighted by atomic mass is 16.5. The van der Waals surface area contributed by atoms with Gasteiger partial charge in [0.15, 0.2) is 5.82 Å². The van der Waals surface area contributed by atoms with Crippen LogP contribution in [0.5, 0.6) is 0 Å². The summed E-state index contributed by atoms with van der Waals surface area (Å²) in [5.74, 6) is 0.734. The Kier molecular flexibility index (Phi) is 12.3. The summed E-state index contributed by atoms with van der Waals surface area (Å²) in [6.07, 6.45) is 23.3. The van der Waals surface area contributed by atoms with Crippen LogP contribution in [0.1, 0.15) is 115 Å². The van der Waals surface area contributed by atoms with Gasteiger partial charge in [-0.1, -0.05) is 102 Å². The maximum atomic E-state index is 12.3. The molecule has 0 amide bonds. The van der Waals surface area contributed by atoms with Crippen LogP contribution in [-0.2, 0) is 22.4 Å². The van der Waals surface area contributed by atoms with Gasteiger partial charge in [-0.2, -0.15) is 0 Å². The summed E-state index contributed by atoms with van der Waals surface area (Å²) in [5, 5.41) is 0. The van der Waals surface area contributed by atoms with Gasteiger partial charge in [0.1, 0.15) is 6.10 Å². The fourth-order valence-electron chi connectivity index (χ4n) is 5.03. The third kappa shape index (κ3) is 9.74. The first-order valence-electron chi connectivity index (χ1n) is 14.3. The molecule has 0 saturated carbocycles. The van der Waals surface area contributed by atoms with Crippen molar-refractivity contribution in [3.8, 4) is 11.4 Å². The average molecular weight is 479 g/mol. The molecule has 1 saturated heterocycles. The predicted octanol–water partition coefficient (Wildman–Crippen LogP) is 8.27. The molecule has 1 fully saturated rings. The van der Waals surface area contributed by atoms with E-state index < -0.39 is 0 Å². The second kappa shape index (κ2) is 15.7. The van der Waals surface area contributed by atoms with Crippen LogP contribution < -0.4 is 0 Å². The lowest BCUT2D eigenvalue weighted by atomic mass is 9.94. The van der Waals surface area contributed by atoms with Crippen molar-refractivity contribution >= 4 is 5.97 Å². The molecule has 1 aliphatic rings. The van der Waals surface area contributed by atoms with Crippen LogP contribution in [-0.4, -0.2) is 22.0 Å².